The van der Waals surface area contributed by atoms with Gasteiger partial charge in [-0.1, -0.05) is 49.8 Å². The summed E-state index contributed by atoms with van der Waals surface area (Å²) in [4.78, 5) is 0.406. The molecule has 0 amide bonds. The average molecular weight is 362 g/mol. The van der Waals surface area contributed by atoms with Gasteiger partial charge in [-0.15, -0.1) is 5.73 Å². The number of allylic oxidation sites excluding steroid dienone is 1. The fourth-order valence-electron chi connectivity index (χ4n) is 3.07. The number of rotatable bonds is 7. The van der Waals surface area contributed by atoms with Crippen molar-refractivity contribution in [1.29, 1.82) is 0 Å². The second-order valence-electron chi connectivity index (χ2n) is 7.19. The van der Waals surface area contributed by atoms with Crippen LogP contribution in [0.15, 0.2) is 47.1 Å². The standard InChI is InChI=1S/C21H31NO2S/c1-9-10-20(16(4)5)22(12-11-15(2)3)25(23,24)21-18(7)13-17(6)14-19(21)8/h10-11,13-14,16,20H,1,12H2,2-8H3/t20-/m1/s1. The highest BCUT2D eigenvalue weighted by atomic mass is 32.2. The Labute approximate surface area is 153 Å². The van der Waals surface area contributed by atoms with E-state index in [4.69, 9.17) is 0 Å². The zero-order valence-electron chi connectivity index (χ0n) is 16.6. The minimum absolute atomic E-state index is 0.112. The van der Waals surface area contributed by atoms with Crippen molar-refractivity contribution in [3.05, 3.63) is 58.9 Å². The van der Waals surface area contributed by atoms with Gasteiger partial charge in [-0.2, -0.15) is 4.31 Å². The zero-order chi connectivity index (χ0) is 19.4. The molecule has 0 N–H and O–H groups in total. The van der Waals surface area contributed by atoms with Crippen LogP contribution < -0.4 is 0 Å². The summed E-state index contributed by atoms with van der Waals surface area (Å²) in [6.07, 6.45) is 3.70. The number of nitrogens with zero attached hydrogens (tertiary/aromatic N) is 1. The summed E-state index contributed by atoms with van der Waals surface area (Å²) in [6, 6.07) is 3.55. The third-order valence-corrected chi connectivity index (χ3v) is 6.32. The quantitative estimate of drug-likeness (QED) is 0.510. The lowest BCUT2D eigenvalue weighted by Gasteiger charge is -2.31. The first-order valence-electron chi connectivity index (χ1n) is 8.61. The molecule has 0 heterocycles. The van der Waals surface area contributed by atoms with Crippen LogP contribution in [0, 0.1) is 26.7 Å². The Kier molecular flexibility index (Phi) is 7.43. The first kappa shape index (κ1) is 21.4. The molecule has 1 atom stereocenters. The number of benzene rings is 1. The smallest absolute Gasteiger partial charge is 0.207 e. The molecule has 0 radical (unpaired) electrons. The topological polar surface area (TPSA) is 37.4 Å². The van der Waals surface area contributed by atoms with Crippen molar-refractivity contribution in [2.75, 3.05) is 6.54 Å². The van der Waals surface area contributed by atoms with Gasteiger partial charge in [-0.3, -0.25) is 0 Å². The Morgan fingerprint density at radius 2 is 1.72 bits per heavy atom. The molecule has 25 heavy (non-hydrogen) atoms. The minimum atomic E-state index is -3.65. The van der Waals surface area contributed by atoms with E-state index in [1.165, 1.54) is 0 Å². The molecular weight excluding hydrogens is 330 g/mol. The molecule has 1 rings (SSSR count). The van der Waals surface area contributed by atoms with Gasteiger partial charge >= 0.3 is 0 Å². The maximum absolute atomic E-state index is 13.5. The zero-order valence-corrected chi connectivity index (χ0v) is 17.4. The minimum Gasteiger partial charge on any atom is -0.207 e. The normalized spacial score (nSPS) is 12.8. The maximum Gasteiger partial charge on any atom is 0.244 e. The number of hydrogen-bond acceptors (Lipinski definition) is 2. The largest absolute Gasteiger partial charge is 0.244 e. The molecule has 0 aliphatic rings. The molecule has 0 fully saturated rings. The predicted molar refractivity (Wildman–Crippen MR) is 106 cm³/mol. The Morgan fingerprint density at radius 1 is 1.20 bits per heavy atom. The molecule has 1 aromatic carbocycles. The van der Waals surface area contributed by atoms with Crippen LogP contribution >= 0.6 is 0 Å². The summed E-state index contributed by atoms with van der Waals surface area (Å²) in [7, 11) is -3.65. The lowest BCUT2D eigenvalue weighted by molar-refractivity contribution is 0.324. The third kappa shape index (κ3) is 5.18. The molecule has 0 spiro atoms. The molecular formula is C21H31NO2S. The first-order valence-corrected chi connectivity index (χ1v) is 10.0. The molecule has 0 saturated carbocycles. The molecule has 0 aromatic heterocycles. The van der Waals surface area contributed by atoms with Gasteiger partial charge in [0.05, 0.1) is 10.9 Å². The lowest BCUT2D eigenvalue weighted by atomic mass is 10.0. The van der Waals surface area contributed by atoms with Crippen molar-refractivity contribution in [3.8, 4) is 0 Å². The molecule has 0 aliphatic carbocycles. The van der Waals surface area contributed by atoms with E-state index >= 15 is 0 Å². The van der Waals surface area contributed by atoms with Crippen LogP contribution in [0.3, 0.4) is 0 Å². The molecule has 0 aliphatic heterocycles. The van der Waals surface area contributed by atoms with Crippen molar-refractivity contribution in [2.24, 2.45) is 5.92 Å². The van der Waals surface area contributed by atoms with Crippen molar-refractivity contribution in [3.63, 3.8) is 0 Å². The van der Waals surface area contributed by atoms with Gasteiger partial charge in [-0.25, -0.2) is 8.42 Å². The first-order chi connectivity index (χ1) is 11.5. The van der Waals surface area contributed by atoms with Crippen LogP contribution in [-0.2, 0) is 10.0 Å². The summed E-state index contributed by atoms with van der Waals surface area (Å²) in [5.41, 5.74) is 6.49. The van der Waals surface area contributed by atoms with E-state index in [2.05, 4.69) is 12.3 Å². The maximum atomic E-state index is 13.5. The van der Waals surface area contributed by atoms with Gasteiger partial charge in [0.2, 0.25) is 10.0 Å². The molecule has 3 nitrogen and oxygen atoms in total. The fourth-order valence-corrected chi connectivity index (χ4v) is 5.13. The Bertz CT molecular complexity index is 770. The van der Waals surface area contributed by atoms with Gasteiger partial charge in [0.1, 0.15) is 0 Å². The van der Waals surface area contributed by atoms with Gasteiger partial charge in [0.25, 0.3) is 0 Å². The van der Waals surface area contributed by atoms with E-state index in [1.807, 2.05) is 66.7 Å². The van der Waals surface area contributed by atoms with Crippen molar-refractivity contribution >= 4 is 10.0 Å². The van der Waals surface area contributed by atoms with Gasteiger partial charge in [0, 0.05) is 6.54 Å². The van der Waals surface area contributed by atoms with E-state index in [-0.39, 0.29) is 12.0 Å². The van der Waals surface area contributed by atoms with Crippen LogP contribution in [0.4, 0.5) is 0 Å². The van der Waals surface area contributed by atoms with E-state index in [1.54, 1.807) is 10.4 Å². The second kappa shape index (κ2) is 8.66. The summed E-state index contributed by atoms with van der Waals surface area (Å²) in [6.45, 7) is 17.6. The number of sulfonamides is 1. The molecule has 1 aromatic rings. The van der Waals surface area contributed by atoms with Crippen LogP contribution in [0.25, 0.3) is 0 Å². The van der Waals surface area contributed by atoms with Crippen LogP contribution in [0.5, 0.6) is 0 Å². The molecule has 0 unspecified atom stereocenters. The second-order valence-corrected chi connectivity index (χ2v) is 9.02. The lowest BCUT2D eigenvalue weighted by Crippen LogP contribution is -2.42. The van der Waals surface area contributed by atoms with E-state index in [0.717, 1.165) is 22.3 Å². The number of hydrogen-bond donors (Lipinski definition) is 0. The van der Waals surface area contributed by atoms with Gasteiger partial charge < -0.3 is 0 Å². The summed E-state index contributed by atoms with van der Waals surface area (Å²) in [5, 5.41) is 0. The average Bonchev–Trinajstić information content (AvgIpc) is 2.43. The van der Waals surface area contributed by atoms with Crippen molar-refractivity contribution in [1.82, 2.24) is 4.31 Å². The van der Waals surface area contributed by atoms with E-state index in [0.29, 0.717) is 11.4 Å². The van der Waals surface area contributed by atoms with Gasteiger partial charge in [0.15, 0.2) is 0 Å². The highest BCUT2D eigenvalue weighted by Crippen LogP contribution is 2.28. The highest BCUT2D eigenvalue weighted by Gasteiger charge is 2.33. The van der Waals surface area contributed by atoms with Crippen LogP contribution in [-0.4, -0.2) is 25.3 Å². The molecule has 0 bridgehead atoms. The molecule has 4 heteroatoms. The third-order valence-electron chi connectivity index (χ3n) is 4.16. The molecule has 0 saturated heterocycles. The van der Waals surface area contributed by atoms with Crippen molar-refractivity contribution < 1.29 is 8.42 Å². The highest BCUT2D eigenvalue weighted by molar-refractivity contribution is 7.89. The van der Waals surface area contributed by atoms with E-state index in [9.17, 15) is 8.42 Å². The predicted octanol–water partition coefficient (Wildman–Crippen LogP) is 4.93. The van der Waals surface area contributed by atoms with Crippen molar-refractivity contribution in [2.45, 2.75) is 59.4 Å². The van der Waals surface area contributed by atoms with Crippen LogP contribution in [0.2, 0.25) is 0 Å². The van der Waals surface area contributed by atoms with E-state index < -0.39 is 10.0 Å². The monoisotopic (exact) mass is 361 g/mol. The number of aryl methyl sites for hydroxylation is 3. The molecule has 138 valence electrons. The van der Waals surface area contributed by atoms with Gasteiger partial charge in [-0.05, 0) is 57.7 Å². The fraction of sp³-hybridized carbons (Fsp3) is 0.476. The van der Waals surface area contributed by atoms with Crippen LogP contribution in [0.1, 0.15) is 44.4 Å². The summed E-state index contributed by atoms with van der Waals surface area (Å²) in [5.74, 6) is 0.112. The Hall–Kier alpha value is -1.61. The Morgan fingerprint density at radius 3 is 2.12 bits per heavy atom. The summed E-state index contributed by atoms with van der Waals surface area (Å²) >= 11 is 0. The SMILES string of the molecule is C=C=C[C@H](C(C)C)N(CC=C(C)C)S(=O)(=O)c1c(C)cc(C)cc1C. The summed E-state index contributed by atoms with van der Waals surface area (Å²) < 4.78 is 28.7. The Balaban J connectivity index is 3.62.